The number of hydrogen-bond acceptors (Lipinski definition) is 7. The maximum Gasteiger partial charge on any atom is 0.378 e. The monoisotopic (exact) mass is 473 g/mol. The highest BCUT2D eigenvalue weighted by Gasteiger charge is 2.33. The second kappa shape index (κ2) is 15.2. The summed E-state index contributed by atoms with van der Waals surface area (Å²) in [5, 5.41) is 0. The molecule has 9 heteroatoms. The molecule has 1 unspecified atom stereocenters. The number of nitrogens with one attached hydrogen (secondary N) is 1. The zero-order valence-corrected chi connectivity index (χ0v) is 21.7. The first-order valence-electron chi connectivity index (χ1n) is 10.7. The van der Waals surface area contributed by atoms with E-state index < -0.39 is 31.0 Å². The van der Waals surface area contributed by atoms with Gasteiger partial charge in [-0.3, -0.25) is 19.1 Å². The molecule has 1 atom stereocenters. The fourth-order valence-electron chi connectivity index (χ4n) is 2.19. The van der Waals surface area contributed by atoms with Gasteiger partial charge in [-0.05, 0) is 74.1 Å². The third-order valence-corrected chi connectivity index (χ3v) is 5.81. The van der Waals surface area contributed by atoms with Gasteiger partial charge in [0.25, 0.3) is 5.91 Å². The maximum absolute atomic E-state index is 12.4. The fraction of sp³-hybridized carbons (Fsp3) is 0.652. The maximum atomic E-state index is 12.4. The molecule has 184 valence electrons. The summed E-state index contributed by atoms with van der Waals surface area (Å²) in [6.45, 7) is 13.3. The summed E-state index contributed by atoms with van der Waals surface area (Å²) < 4.78 is 21.7. The molecular formula is C23H40NO7P. The van der Waals surface area contributed by atoms with Gasteiger partial charge in [-0.15, -0.1) is 0 Å². The van der Waals surface area contributed by atoms with Crippen molar-refractivity contribution in [2.75, 3.05) is 19.9 Å². The zero-order valence-electron chi connectivity index (χ0n) is 20.8. The van der Waals surface area contributed by atoms with Crippen molar-refractivity contribution in [1.82, 2.24) is 5.48 Å². The molecule has 0 aliphatic carbocycles. The van der Waals surface area contributed by atoms with Gasteiger partial charge in [-0.25, -0.2) is 10.3 Å². The number of hydrogen-bond donors (Lipinski definition) is 1. The first-order valence-corrected chi connectivity index (χ1v) is 12.4. The summed E-state index contributed by atoms with van der Waals surface area (Å²) in [6.07, 6.45) is 9.66. The van der Waals surface area contributed by atoms with E-state index in [2.05, 4.69) is 48.0 Å². The van der Waals surface area contributed by atoms with Crippen LogP contribution in [0.5, 0.6) is 0 Å². The van der Waals surface area contributed by atoms with Gasteiger partial charge in [0.15, 0.2) is 0 Å². The lowest BCUT2D eigenvalue weighted by molar-refractivity contribution is -0.227. The van der Waals surface area contributed by atoms with Crippen LogP contribution in [0.25, 0.3) is 0 Å². The summed E-state index contributed by atoms with van der Waals surface area (Å²) in [6, 6.07) is 0. The highest BCUT2D eigenvalue weighted by Crippen LogP contribution is 2.47. The summed E-state index contributed by atoms with van der Waals surface area (Å²) in [7, 11) is -2.85. The van der Waals surface area contributed by atoms with Crippen LogP contribution < -0.4 is 5.48 Å². The van der Waals surface area contributed by atoms with Gasteiger partial charge in [0.05, 0.1) is 12.0 Å². The molecule has 0 saturated heterocycles. The van der Waals surface area contributed by atoms with Crippen molar-refractivity contribution in [3.05, 3.63) is 34.9 Å². The SMILES string of the molecule is COP(=O)(CC(=O)NOCC=C(C)CCC=C(C)CCC=C(C)C)OOC(=O)C(C)(C)C. The largest absolute Gasteiger partial charge is 0.378 e. The third kappa shape index (κ3) is 15.1. The third-order valence-electron chi connectivity index (χ3n) is 4.28. The van der Waals surface area contributed by atoms with E-state index in [1.165, 1.54) is 11.1 Å². The molecule has 0 saturated carbocycles. The molecule has 0 radical (unpaired) electrons. The Morgan fingerprint density at radius 1 is 0.938 bits per heavy atom. The van der Waals surface area contributed by atoms with Crippen LogP contribution in [0, 0.1) is 5.41 Å². The predicted octanol–water partition coefficient (Wildman–Crippen LogP) is 5.81. The van der Waals surface area contributed by atoms with Gasteiger partial charge < -0.3 is 4.52 Å². The van der Waals surface area contributed by atoms with E-state index in [0.29, 0.717) is 0 Å². The molecule has 0 heterocycles. The lowest BCUT2D eigenvalue weighted by atomic mass is 9.98. The quantitative estimate of drug-likeness (QED) is 0.112. The standard InChI is InChI=1S/C23H40NO7P/c1-18(2)11-9-12-19(3)13-10-14-20(4)15-16-29-24-21(25)17-32(27,28-8)31-30-22(26)23(5,6)7/h11,13,15H,9-10,12,14,16-17H2,1-8H3,(H,24,25). The summed E-state index contributed by atoms with van der Waals surface area (Å²) in [5.74, 6) is -1.45. The second-order valence-corrected chi connectivity index (χ2v) is 11.0. The second-order valence-electron chi connectivity index (χ2n) is 8.94. The van der Waals surface area contributed by atoms with Crippen molar-refractivity contribution in [1.29, 1.82) is 0 Å². The van der Waals surface area contributed by atoms with Crippen molar-refractivity contribution in [3.8, 4) is 0 Å². The lowest BCUT2D eigenvalue weighted by Gasteiger charge is -2.18. The molecule has 8 nitrogen and oxygen atoms in total. The van der Waals surface area contributed by atoms with E-state index in [0.717, 1.165) is 38.4 Å². The van der Waals surface area contributed by atoms with Gasteiger partial charge in [0.2, 0.25) is 0 Å². The van der Waals surface area contributed by atoms with Gasteiger partial charge in [-0.1, -0.05) is 39.6 Å². The van der Waals surface area contributed by atoms with Crippen LogP contribution in [0.15, 0.2) is 34.9 Å². The van der Waals surface area contributed by atoms with Crippen molar-refractivity contribution in [3.63, 3.8) is 0 Å². The zero-order chi connectivity index (χ0) is 24.8. The normalized spacial score (nSPS) is 14.5. The topological polar surface area (TPSA) is 100 Å². The van der Waals surface area contributed by atoms with Gasteiger partial charge in [0.1, 0.15) is 6.16 Å². The smallest absolute Gasteiger partial charge is 0.310 e. The average Bonchev–Trinajstić information content (AvgIpc) is 2.68. The molecule has 32 heavy (non-hydrogen) atoms. The van der Waals surface area contributed by atoms with Gasteiger partial charge in [-0.2, -0.15) is 0 Å². The summed E-state index contributed by atoms with van der Waals surface area (Å²) in [4.78, 5) is 33.3. The Morgan fingerprint density at radius 2 is 1.50 bits per heavy atom. The number of amides is 1. The van der Waals surface area contributed by atoms with Crippen LogP contribution in [0.3, 0.4) is 0 Å². The Balaban J connectivity index is 4.30. The van der Waals surface area contributed by atoms with Crippen LogP contribution in [0.1, 0.15) is 74.1 Å². The summed E-state index contributed by atoms with van der Waals surface area (Å²) >= 11 is 0. The Kier molecular flexibility index (Phi) is 14.3. The van der Waals surface area contributed by atoms with E-state index in [-0.39, 0.29) is 6.61 Å². The van der Waals surface area contributed by atoms with Crippen molar-refractivity contribution < 1.29 is 33.1 Å². The first-order chi connectivity index (χ1) is 14.8. The van der Waals surface area contributed by atoms with Crippen LogP contribution >= 0.6 is 7.60 Å². The Morgan fingerprint density at radius 3 is 2.03 bits per heavy atom. The van der Waals surface area contributed by atoms with Crippen molar-refractivity contribution >= 4 is 19.5 Å². The molecule has 1 N–H and O–H groups in total. The van der Waals surface area contributed by atoms with Crippen LogP contribution in [-0.4, -0.2) is 31.8 Å². The molecule has 1 amide bonds. The van der Waals surface area contributed by atoms with Crippen molar-refractivity contribution in [2.24, 2.45) is 5.41 Å². The van der Waals surface area contributed by atoms with Gasteiger partial charge >= 0.3 is 13.6 Å². The minimum atomic E-state index is -3.95. The highest BCUT2D eigenvalue weighted by molar-refractivity contribution is 7.54. The average molecular weight is 474 g/mol. The van der Waals surface area contributed by atoms with E-state index in [4.69, 9.17) is 9.36 Å². The van der Waals surface area contributed by atoms with Crippen LogP contribution in [0.4, 0.5) is 0 Å². The van der Waals surface area contributed by atoms with E-state index in [1.54, 1.807) is 20.8 Å². The minimum Gasteiger partial charge on any atom is -0.310 e. The first kappa shape index (κ1) is 30.3. The molecule has 0 fully saturated rings. The molecule has 0 bridgehead atoms. The Labute approximate surface area is 192 Å². The minimum absolute atomic E-state index is 0.165. The summed E-state index contributed by atoms with van der Waals surface area (Å²) in [5.41, 5.74) is 5.17. The number of allylic oxidation sites excluding steroid dienone is 5. The molecule has 0 aromatic heterocycles. The Bertz CT molecular complexity index is 744. The van der Waals surface area contributed by atoms with Gasteiger partial charge in [0, 0.05) is 7.11 Å². The highest BCUT2D eigenvalue weighted by atomic mass is 31.2. The van der Waals surface area contributed by atoms with E-state index in [9.17, 15) is 14.2 Å². The lowest BCUT2D eigenvalue weighted by Crippen LogP contribution is -2.28. The molecule has 0 aliphatic rings. The van der Waals surface area contributed by atoms with E-state index >= 15 is 0 Å². The Hall–Kier alpha value is -1.73. The number of rotatable bonds is 14. The van der Waals surface area contributed by atoms with Crippen LogP contribution in [-0.2, 0) is 33.1 Å². The van der Waals surface area contributed by atoms with Crippen molar-refractivity contribution in [2.45, 2.75) is 74.1 Å². The molecule has 0 aromatic carbocycles. The van der Waals surface area contributed by atoms with Crippen LogP contribution in [0.2, 0.25) is 0 Å². The number of carbonyl (C=O) groups excluding carboxylic acids is 2. The fourth-order valence-corrected chi connectivity index (χ4v) is 3.03. The molecule has 0 spiro atoms. The molecule has 0 aliphatic heterocycles. The molecule has 0 rings (SSSR count). The number of hydroxylamine groups is 1. The molecular weight excluding hydrogens is 433 g/mol. The molecule has 0 aromatic rings. The predicted molar refractivity (Wildman–Crippen MR) is 126 cm³/mol. The van der Waals surface area contributed by atoms with E-state index in [1.807, 2.05) is 13.0 Å². The number of carbonyl (C=O) groups is 2.